The summed E-state index contributed by atoms with van der Waals surface area (Å²) in [5, 5.41) is 13.9. The lowest BCUT2D eigenvalue weighted by molar-refractivity contribution is -0.384. The summed E-state index contributed by atoms with van der Waals surface area (Å²) < 4.78 is 2.19. The molecular formula is C24H16N2O2. The van der Waals surface area contributed by atoms with E-state index in [1.54, 1.807) is 12.1 Å². The van der Waals surface area contributed by atoms with Gasteiger partial charge in [0.15, 0.2) is 0 Å². The van der Waals surface area contributed by atoms with Gasteiger partial charge in [0, 0.05) is 28.1 Å². The Kier molecular flexibility index (Phi) is 3.69. The smallest absolute Gasteiger partial charge is 0.277 e. The Morgan fingerprint density at radius 1 is 0.643 bits per heavy atom. The lowest BCUT2D eigenvalue weighted by Gasteiger charge is -2.11. The van der Waals surface area contributed by atoms with Gasteiger partial charge in [-0.05, 0) is 24.3 Å². The van der Waals surface area contributed by atoms with E-state index >= 15 is 0 Å². The van der Waals surface area contributed by atoms with Crippen LogP contribution in [-0.4, -0.2) is 9.49 Å². The molecule has 0 unspecified atom stereocenters. The Morgan fingerprint density at radius 3 is 2.11 bits per heavy atom. The molecule has 1 heterocycles. The van der Waals surface area contributed by atoms with E-state index < -0.39 is 0 Å². The highest BCUT2D eigenvalue weighted by Gasteiger charge is 2.20. The monoisotopic (exact) mass is 364 g/mol. The van der Waals surface area contributed by atoms with Crippen LogP contribution in [0.4, 0.5) is 5.69 Å². The van der Waals surface area contributed by atoms with E-state index in [4.69, 9.17) is 0 Å². The molecule has 134 valence electrons. The molecule has 0 saturated carbocycles. The molecule has 0 N–H and O–H groups in total. The van der Waals surface area contributed by atoms with Crippen molar-refractivity contribution >= 4 is 27.5 Å². The van der Waals surface area contributed by atoms with Crippen LogP contribution in [0.25, 0.3) is 38.6 Å². The Morgan fingerprint density at radius 2 is 1.29 bits per heavy atom. The fourth-order valence-electron chi connectivity index (χ4n) is 3.94. The summed E-state index contributed by atoms with van der Waals surface area (Å²) in [6, 6.07) is 31.3. The van der Waals surface area contributed by atoms with Crippen LogP contribution < -0.4 is 0 Å². The number of aromatic nitrogens is 1. The fourth-order valence-corrected chi connectivity index (χ4v) is 3.94. The van der Waals surface area contributed by atoms with Crippen LogP contribution in [-0.2, 0) is 0 Å². The van der Waals surface area contributed by atoms with E-state index in [0.717, 1.165) is 33.1 Å². The first kappa shape index (κ1) is 16.3. The first-order chi connectivity index (χ1) is 13.8. The van der Waals surface area contributed by atoms with Crippen molar-refractivity contribution in [3.8, 4) is 16.8 Å². The van der Waals surface area contributed by atoms with Gasteiger partial charge >= 0.3 is 0 Å². The van der Waals surface area contributed by atoms with Gasteiger partial charge in [-0.1, -0.05) is 66.7 Å². The van der Waals surface area contributed by atoms with E-state index in [0.29, 0.717) is 5.56 Å². The molecule has 5 aromatic rings. The standard InChI is InChI=1S/C24H16N2O2/c27-26(28)23-16-7-5-12-19(23)21-14-8-13-20-18-11-4-6-15-22(18)25(24(20)21)17-9-2-1-3-10-17/h1-16H. The third-order valence-corrected chi connectivity index (χ3v) is 5.10. The van der Waals surface area contributed by atoms with Crippen LogP contribution in [0.15, 0.2) is 97.1 Å². The number of benzene rings is 4. The molecule has 4 heteroatoms. The summed E-state index contributed by atoms with van der Waals surface area (Å²) in [4.78, 5) is 11.3. The van der Waals surface area contributed by atoms with Crippen molar-refractivity contribution in [3.63, 3.8) is 0 Å². The van der Waals surface area contributed by atoms with Crippen molar-refractivity contribution in [2.75, 3.05) is 0 Å². The number of fused-ring (bicyclic) bond motifs is 3. The van der Waals surface area contributed by atoms with Crippen molar-refractivity contribution in [3.05, 3.63) is 107 Å². The zero-order valence-electron chi connectivity index (χ0n) is 14.9. The minimum Gasteiger partial charge on any atom is -0.309 e. The van der Waals surface area contributed by atoms with E-state index in [9.17, 15) is 10.1 Å². The predicted molar refractivity (Wildman–Crippen MR) is 113 cm³/mol. The second-order valence-electron chi connectivity index (χ2n) is 6.66. The van der Waals surface area contributed by atoms with E-state index in [-0.39, 0.29) is 10.6 Å². The highest BCUT2D eigenvalue weighted by atomic mass is 16.6. The number of nitro benzene ring substituents is 1. The second kappa shape index (κ2) is 6.35. The van der Waals surface area contributed by atoms with Crippen LogP contribution in [0.3, 0.4) is 0 Å². The van der Waals surface area contributed by atoms with Gasteiger partial charge in [-0.15, -0.1) is 0 Å². The highest BCUT2D eigenvalue weighted by Crippen LogP contribution is 2.40. The summed E-state index contributed by atoms with van der Waals surface area (Å²) in [6.45, 7) is 0. The molecule has 28 heavy (non-hydrogen) atoms. The van der Waals surface area contributed by atoms with E-state index in [1.807, 2.05) is 54.6 Å². The molecule has 5 rings (SSSR count). The molecule has 0 bridgehead atoms. The number of nitrogens with zero attached hydrogens (tertiary/aromatic N) is 2. The minimum absolute atomic E-state index is 0.111. The van der Waals surface area contributed by atoms with Gasteiger partial charge in [0.25, 0.3) is 5.69 Å². The maximum absolute atomic E-state index is 11.7. The van der Waals surface area contributed by atoms with Gasteiger partial charge in [0.1, 0.15) is 0 Å². The normalized spacial score (nSPS) is 11.1. The summed E-state index contributed by atoms with van der Waals surface area (Å²) in [5.74, 6) is 0. The summed E-state index contributed by atoms with van der Waals surface area (Å²) in [7, 11) is 0. The van der Waals surface area contributed by atoms with Crippen LogP contribution in [0.1, 0.15) is 0 Å². The second-order valence-corrected chi connectivity index (χ2v) is 6.66. The number of hydrogen-bond donors (Lipinski definition) is 0. The quantitative estimate of drug-likeness (QED) is 0.276. The minimum atomic E-state index is -0.316. The number of rotatable bonds is 3. The van der Waals surface area contributed by atoms with Crippen molar-refractivity contribution in [1.82, 2.24) is 4.57 Å². The first-order valence-electron chi connectivity index (χ1n) is 9.07. The summed E-state index contributed by atoms with van der Waals surface area (Å²) >= 11 is 0. The van der Waals surface area contributed by atoms with Crippen LogP contribution in [0.5, 0.6) is 0 Å². The third-order valence-electron chi connectivity index (χ3n) is 5.10. The molecule has 0 aliphatic rings. The number of para-hydroxylation sites is 4. The fraction of sp³-hybridized carbons (Fsp3) is 0. The van der Waals surface area contributed by atoms with Gasteiger partial charge in [0.05, 0.1) is 21.5 Å². The molecule has 0 fully saturated rings. The predicted octanol–water partition coefficient (Wildman–Crippen LogP) is 6.36. The molecular weight excluding hydrogens is 348 g/mol. The largest absolute Gasteiger partial charge is 0.309 e. The molecule has 1 aromatic heterocycles. The SMILES string of the molecule is O=[N+]([O-])c1ccccc1-c1cccc2c3ccccc3n(-c3ccccc3)c12. The molecule has 0 aliphatic heterocycles. The molecule has 4 nitrogen and oxygen atoms in total. The van der Waals surface area contributed by atoms with Gasteiger partial charge in [-0.3, -0.25) is 10.1 Å². The van der Waals surface area contributed by atoms with Crippen LogP contribution in [0, 0.1) is 10.1 Å². The van der Waals surface area contributed by atoms with E-state index in [2.05, 4.69) is 34.9 Å². The number of hydrogen-bond acceptors (Lipinski definition) is 2. The molecule has 0 amide bonds. The van der Waals surface area contributed by atoms with Gasteiger partial charge < -0.3 is 4.57 Å². The van der Waals surface area contributed by atoms with Gasteiger partial charge in [-0.25, -0.2) is 0 Å². The van der Waals surface area contributed by atoms with Crippen molar-refractivity contribution < 1.29 is 4.92 Å². The topological polar surface area (TPSA) is 48.1 Å². The molecule has 0 saturated heterocycles. The number of nitro groups is 1. The average Bonchev–Trinajstić information content (AvgIpc) is 3.09. The van der Waals surface area contributed by atoms with Crippen LogP contribution >= 0.6 is 0 Å². The Hall–Kier alpha value is -3.92. The summed E-state index contributed by atoms with van der Waals surface area (Å²) in [5.41, 5.74) is 4.67. The lowest BCUT2D eigenvalue weighted by atomic mass is 10.0. The molecule has 0 aliphatic carbocycles. The maximum atomic E-state index is 11.7. The maximum Gasteiger partial charge on any atom is 0.277 e. The average molecular weight is 364 g/mol. The van der Waals surface area contributed by atoms with Gasteiger partial charge in [0.2, 0.25) is 0 Å². The van der Waals surface area contributed by atoms with Crippen molar-refractivity contribution in [2.24, 2.45) is 0 Å². The first-order valence-corrected chi connectivity index (χ1v) is 9.07. The molecule has 0 spiro atoms. The molecule has 0 atom stereocenters. The Balaban J connectivity index is 1.98. The lowest BCUT2D eigenvalue weighted by Crippen LogP contribution is -1.97. The van der Waals surface area contributed by atoms with Crippen LogP contribution in [0.2, 0.25) is 0 Å². The van der Waals surface area contributed by atoms with E-state index in [1.165, 1.54) is 0 Å². The Labute approximate surface area is 161 Å². The Bertz CT molecular complexity index is 1340. The van der Waals surface area contributed by atoms with Gasteiger partial charge in [-0.2, -0.15) is 0 Å². The summed E-state index contributed by atoms with van der Waals surface area (Å²) in [6.07, 6.45) is 0. The third kappa shape index (κ3) is 2.39. The zero-order valence-corrected chi connectivity index (χ0v) is 14.9. The molecule has 4 aromatic carbocycles. The van der Waals surface area contributed by atoms with Crippen molar-refractivity contribution in [2.45, 2.75) is 0 Å². The highest BCUT2D eigenvalue weighted by molar-refractivity contribution is 6.14. The van der Waals surface area contributed by atoms with Crippen molar-refractivity contribution in [1.29, 1.82) is 0 Å². The molecule has 0 radical (unpaired) electrons. The zero-order chi connectivity index (χ0) is 19.1.